The molecule has 2 rings (SSSR count). The minimum atomic E-state index is -2.58. The van der Waals surface area contributed by atoms with Crippen LogP contribution in [0.1, 0.15) is 36.8 Å². The fraction of sp³-hybridized carbons (Fsp3) is 0.467. The minimum Gasteiger partial charge on any atom is -0.353 e. The molecule has 4 N–H and O–H groups in total. The van der Waals surface area contributed by atoms with Crippen LogP contribution in [0.25, 0.3) is 0 Å². The molecule has 1 heterocycles. The first-order valence-corrected chi connectivity index (χ1v) is 7.16. The van der Waals surface area contributed by atoms with Gasteiger partial charge in [0.25, 0.3) is 5.79 Å². The highest BCUT2D eigenvalue weighted by atomic mass is 16.6. The summed E-state index contributed by atoms with van der Waals surface area (Å²) < 4.78 is 0. The molecule has 0 aliphatic carbocycles. The van der Waals surface area contributed by atoms with E-state index >= 15 is 0 Å². The van der Waals surface area contributed by atoms with Crippen LogP contribution in [0.2, 0.25) is 0 Å². The molecule has 6 heteroatoms. The summed E-state index contributed by atoms with van der Waals surface area (Å²) in [5.41, 5.74) is 0.979. The van der Waals surface area contributed by atoms with E-state index in [0.717, 1.165) is 31.4 Å². The van der Waals surface area contributed by atoms with Gasteiger partial charge in [-0.3, -0.25) is 10.1 Å². The Balaban J connectivity index is 2.47. The van der Waals surface area contributed by atoms with Crippen LogP contribution in [0.3, 0.4) is 0 Å². The van der Waals surface area contributed by atoms with Crippen molar-refractivity contribution in [1.29, 1.82) is 0 Å². The van der Waals surface area contributed by atoms with Gasteiger partial charge in [0.2, 0.25) is 0 Å². The van der Waals surface area contributed by atoms with Crippen molar-refractivity contribution in [2.45, 2.75) is 38.4 Å². The van der Waals surface area contributed by atoms with Gasteiger partial charge in [0.05, 0.1) is 11.5 Å². The summed E-state index contributed by atoms with van der Waals surface area (Å²) in [7, 11) is 0. The summed E-state index contributed by atoms with van der Waals surface area (Å²) in [5.74, 6) is -2.58. The van der Waals surface area contributed by atoms with Gasteiger partial charge in [0, 0.05) is 12.0 Å². The lowest BCUT2D eigenvalue weighted by atomic mass is 9.99. The molecule has 1 aromatic rings. The number of allylic oxidation sites excluding steroid dienone is 1. The van der Waals surface area contributed by atoms with Gasteiger partial charge >= 0.3 is 5.70 Å². The van der Waals surface area contributed by atoms with Crippen LogP contribution in [0, 0.1) is 17.0 Å². The van der Waals surface area contributed by atoms with Crippen molar-refractivity contribution in [3.05, 3.63) is 56.9 Å². The molecule has 1 fully saturated rings. The quantitative estimate of drug-likeness (QED) is 0.435. The van der Waals surface area contributed by atoms with E-state index in [1.807, 2.05) is 6.92 Å². The highest BCUT2D eigenvalue weighted by Crippen LogP contribution is 2.29. The number of hydrogen-bond donors (Lipinski definition) is 3. The Hall–Kier alpha value is -1.76. The summed E-state index contributed by atoms with van der Waals surface area (Å²) in [6, 6.07) is 6.43. The van der Waals surface area contributed by atoms with Gasteiger partial charge in [-0.25, -0.2) is 0 Å². The fourth-order valence-electron chi connectivity index (χ4n) is 2.62. The molecule has 6 nitrogen and oxygen atoms in total. The van der Waals surface area contributed by atoms with Crippen LogP contribution in [0.4, 0.5) is 0 Å². The average Bonchev–Trinajstić information content (AvgIpc) is 2.67. The van der Waals surface area contributed by atoms with Crippen LogP contribution in [0.15, 0.2) is 35.7 Å². The van der Waals surface area contributed by atoms with E-state index in [1.54, 1.807) is 17.4 Å². The highest BCUT2D eigenvalue weighted by Gasteiger charge is 2.45. The molecule has 0 radical (unpaired) electrons. The standard InChI is InChI=1S/C15H20N2O4/c1-11-6-8-12(9-7-11)15(18,19)14(17(20)21)13-5-3-2-4-10-16-13/h6-9,16,18-19H,2-5,10H2,1H3/p+1/b14-13+. The maximum absolute atomic E-state index is 11.4. The van der Waals surface area contributed by atoms with Crippen molar-refractivity contribution in [3.63, 3.8) is 0 Å². The van der Waals surface area contributed by atoms with Crippen molar-refractivity contribution in [2.24, 2.45) is 0 Å². The van der Waals surface area contributed by atoms with E-state index in [9.17, 15) is 20.3 Å². The van der Waals surface area contributed by atoms with Gasteiger partial charge in [-0.1, -0.05) is 29.8 Å². The van der Waals surface area contributed by atoms with Gasteiger partial charge in [0.15, 0.2) is 5.70 Å². The lowest BCUT2D eigenvalue weighted by Crippen LogP contribution is -2.82. The van der Waals surface area contributed by atoms with Crippen molar-refractivity contribution in [2.75, 3.05) is 6.54 Å². The van der Waals surface area contributed by atoms with Gasteiger partial charge in [-0.05, 0) is 26.2 Å². The van der Waals surface area contributed by atoms with E-state index in [1.165, 1.54) is 12.1 Å². The topological polar surface area (TPSA) is 100 Å². The number of hydrogen-bond acceptors (Lipinski definition) is 4. The number of nitrogens with zero attached hydrogens (tertiary/aromatic N) is 1. The molecule has 1 aromatic carbocycles. The molecule has 0 atom stereocenters. The fourth-order valence-corrected chi connectivity index (χ4v) is 2.62. The Labute approximate surface area is 123 Å². The first-order valence-electron chi connectivity index (χ1n) is 7.16. The van der Waals surface area contributed by atoms with E-state index < -0.39 is 16.4 Å². The Morgan fingerprint density at radius 1 is 1.24 bits per heavy atom. The van der Waals surface area contributed by atoms with Crippen molar-refractivity contribution in [1.82, 2.24) is 0 Å². The predicted octanol–water partition coefficient (Wildman–Crippen LogP) is 0.758. The molecule has 114 valence electrons. The molecule has 21 heavy (non-hydrogen) atoms. The molecule has 0 unspecified atom stereocenters. The lowest BCUT2D eigenvalue weighted by Gasteiger charge is -2.20. The Kier molecular flexibility index (Phi) is 4.72. The zero-order chi connectivity index (χ0) is 15.5. The molecule has 0 spiro atoms. The molecule has 1 saturated heterocycles. The van der Waals surface area contributed by atoms with Crippen LogP contribution in [-0.2, 0) is 5.79 Å². The summed E-state index contributed by atoms with van der Waals surface area (Å²) >= 11 is 0. The maximum atomic E-state index is 11.4. The third-order valence-electron chi connectivity index (χ3n) is 3.81. The highest BCUT2D eigenvalue weighted by molar-refractivity contribution is 5.30. The third kappa shape index (κ3) is 3.47. The SMILES string of the molecule is Cc1ccc(C(O)(O)/C(=C2/CCCCC[NH2+]2)[N+](=O)[O-])cc1. The number of rotatable bonds is 3. The van der Waals surface area contributed by atoms with E-state index in [2.05, 4.69) is 0 Å². The van der Waals surface area contributed by atoms with Crippen LogP contribution in [0.5, 0.6) is 0 Å². The summed E-state index contributed by atoms with van der Waals surface area (Å²) in [4.78, 5) is 10.7. The summed E-state index contributed by atoms with van der Waals surface area (Å²) in [6.07, 6.45) is 3.31. The summed E-state index contributed by atoms with van der Waals surface area (Å²) in [6.45, 7) is 2.60. The van der Waals surface area contributed by atoms with Gasteiger partial charge in [0.1, 0.15) is 0 Å². The van der Waals surface area contributed by atoms with E-state index in [0.29, 0.717) is 12.1 Å². The van der Waals surface area contributed by atoms with Crippen LogP contribution >= 0.6 is 0 Å². The Morgan fingerprint density at radius 2 is 1.90 bits per heavy atom. The average molecular weight is 293 g/mol. The molecule has 0 amide bonds. The van der Waals surface area contributed by atoms with Crippen molar-refractivity contribution >= 4 is 0 Å². The van der Waals surface area contributed by atoms with Gasteiger partial charge in [-0.15, -0.1) is 0 Å². The molecule has 0 saturated carbocycles. The Bertz CT molecular complexity index is 539. The number of quaternary nitrogens is 1. The number of aryl methyl sites for hydroxylation is 1. The predicted molar refractivity (Wildman–Crippen MR) is 76.6 cm³/mol. The molecule has 1 aliphatic heterocycles. The maximum Gasteiger partial charge on any atom is 0.364 e. The van der Waals surface area contributed by atoms with Crippen LogP contribution < -0.4 is 5.32 Å². The normalized spacial score (nSPS) is 19.0. The van der Waals surface area contributed by atoms with Gasteiger partial charge in [-0.2, -0.15) is 0 Å². The second kappa shape index (κ2) is 6.34. The number of nitrogens with two attached hydrogens (primary N) is 1. The van der Waals surface area contributed by atoms with E-state index in [-0.39, 0.29) is 5.56 Å². The summed E-state index contributed by atoms with van der Waals surface area (Å²) in [5, 5.41) is 33.9. The molecule has 0 bridgehead atoms. The molecular weight excluding hydrogens is 272 g/mol. The number of nitro groups is 1. The third-order valence-corrected chi connectivity index (χ3v) is 3.81. The monoisotopic (exact) mass is 293 g/mol. The molecule has 1 aliphatic rings. The number of benzene rings is 1. The van der Waals surface area contributed by atoms with E-state index in [4.69, 9.17) is 0 Å². The first-order chi connectivity index (χ1) is 9.93. The number of aliphatic hydroxyl groups is 2. The van der Waals surface area contributed by atoms with Crippen LogP contribution in [-0.4, -0.2) is 21.7 Å². The largest absolute Gasteiger partial charge is 0.364 e. The first kappa shape index (κ1) is 15.6. The van der Waals surface area contributed by atoms with Crippen molar-refractivity contribution in [3.8, 4) is 0 Å². The second-order valence-corrected chi connectivity index (χ2v) is 5.47. The zero-order valence-electron chi connectivity index (χ0n) is 12.1. The smallest absolute Gasteiger partial charge is 0.353 e. The van der Waals surface area contributed by atoms with Crippen molar-refractivity contribution < 1.29 is 20.5 Å². The van der Waals surface area contributed by atoms with Gasteiger partial charge < -0.3 is 15.5 Å². The second-order valence-electron chi connectivity index (χ2n) is 5.47. The Morgan fingerprint density at radius 3 is 2.52 bits per heavy atom. The molecule has 0 aromatic heterocycles. The molecular formula is C15H21N2O4+. The minimum absolute atomic E-state index is 0.116. The zero-order valence-corrected chi connectivity index (χ0v) is 12.1. The lowest BCUT2D eigenvalue weighted by molar-refractivity contribution is -0.620.